The number of benzene rings is 2. The molecule has 12 aliphatic rings. The second kappa shape index (κ2) is 12.8. The van der Waals surface area contributed by atoms with E-state index >= 15 is 0 Å². The molecule has 2 unspecified atom stereocenters. The molecule has 0 heterocycles. The Morgan fingerprint density at radius 3 is 1.55 bits per heavy atom. The molecule has 0 aromatic heterocycles. The van der Waals surface area contributed by atoms with Gasteiger partial charge in [0, 0.05) is 17.1 Å². The molecule has 14 rings (SSSR count). The molecule has 12 aliphatic carbocycles. The van der Waals surface area contributed by atoms with Crippen LogP contribution in [0.3, 0.4) is 0 Å². The first-order valence-corrected chi connectivity index (χ1v) is 25.5. The van der Waals surface area contributed by atoms with Crippen LogP contribution in [0.4, 0.5) is 0 Å². The molecule has 0 saturated heterocycles. The van der Waals surface area contributed by atoms with Crippen molar-refractivity contribution in [3.63, 3.8) is 0 Å². The second-order valence-electron chi connectivity index (χ2n) is 20.6. The highest BCUT2D eigenvalue weighted by molar-refractivity contribution is 14.1. The minimum atomic E-state index is -4.83. The van der Waals surface area contributed by atoms with Gasteiger partial charge in [-0.05, 0) is 270 Å². The molecule has 12 bridgehead atoms. The summed E-state index contributed by atoms with van der Waals surface area (Å²) in [6.07, 6.45) is 17.2. The normalized spacial score (nSPS) is 42.9. The van der Waals surface area contributed by atoms with Crippen molar-refractivity contribution >= 4 is 89.8 Å². The van der Waals surface area contributed by atoms with E-state index in [0.29, 0.717) is 64.4 Å². The Labute approximate surface area is 365 Å². The van der Waals surface area contributed by atoms with Crippen molar-refractivity contribution in [3.05, 3.63) is 51.7 Å². The third kappa shape index (κ3) is 6.10. The van der Waals surface area contributed by atoms with Gasteiger partial charge in [-0.3, -0.25) is 4.79 Å². The van der Waals surface area contributed by atoms with Crippen molar-refractivity contribution in [3.8, 4) is 5.75 Å². The minimum Gasteiger partial charge on any atom is -0.744 e. The van der Waals surface area contributed by atoms with Crippen LogP contribution in [0.15, 0.2) is 29.2 Å². The SMILES string of the molecule is O=C(OC12CC3CC(C1)CC(C(=O)Oc1cc(C45CC6CC(CC(C6)C4)C5)c(S(=O)(=O)[O-])c(C45CC6CC(CC(C6)C4)C5)c1)(C3)C2)c1cc(I)cc(I)c1I. The van der Waals surface area contributed by atoms with Gasteiger partial charge in [0.15, 0.2) is 0 Å². The van der Waals surface area contributed by atoms with Crippen LogP contribution < -0.4 is 4.74 Å². The van der Waals surface area contributed by atoms with Crippen molar-refractivity contribution in [2.75, 3.05) is 0 Å². The van der Waals surface area contributed by atoms with Crippen LogP contribution in [-0.4, -0.2) is 30.5 Å². The molecule has 294 valence electrons. The number of carbonyl (C=O) groups excluding carboxylic acids is 2. The van der Waals surface area contributed by atoms with Gasteiger partial charge in [0.1, 0.15) is 21.5 Å². The van der Waals surface area contributed by atoms with Gasteiger partial charge in [-0.2, -0.15) is 0 Å². The quantitative estimate of drug-likeness (QED) is 0.0893. The first kappa shape index (κ1) is 37.5. The summed E-state index contributed by atoms with van der Waals surface area (Å²) in [5.74, 6) is 3.72. The topological polar surface area (TPSA) is 110 Å². The van der Waals surface area contributed by atoms with Crippen LogP contribution in [0.5, 0.6) is 5.75 Å². The Bertz CT molecular complexity index is 2000. The van der Waals surface area contributed by atoms with Gasteiger partial charge in [-0.25, -0.2) is 13.2 Å². The van der Waals surface area contributed by atoms with E-state index in [-0.39, 0.29) is 39.5 Å². The molecular formula is C44H48I3O7S-. The number of esters is 2. The number of hydrogen-bond donors (Lipinski definition) is 0. The summed E-state index contributed by atoms with van der Waals surface area (Å²) < 4.78 is 57.5. The predicted molar refractivity (Wildman–Crippen MR) is 230 cm³/mol. The van der Waals surface area contributed by atoms with Gasteiger partial charge < -0.3 is 14.0 Å². The Balaban J connectivity index is 0.985. The first-order chi connectivity index (χ1) is 26.1. The van der Waals surface area contributed by atoms with E-state index in [2.05, 4.69) is 73.8 Å². The molecular weight excluding hydrogens is 1050 g/mol. The summed E-state index contributed by atoms with van der Waals surface area (Å²) in [5.41, 5.74) is -0.305. The fourth-order valence-electron chi connectivity index (χ4n) is 16.3. The summed E-state index contributed by atoms with van der Waals surface area (Å²) >= 11 is 6.74. The van der Waals surface area contributed by atoms with Crippen molar-refractivity contribution in [2.45, 2.75) is 137 Å². The van der Waals surface area contributed by atoms with Gasteiger partial charge in [-0.1, -0.05) is 0 Å². The third-order valence-corrected chi connectivity index (χ3v) is 21.3. The van der Waals surface area contributed by atoms with Crippen LogP contribution in [-0.2, 0) is 30.5 Å². The zero-order valence-corrected chi connectivity index (χ0v) is 38.3. The third-order valence-electron chi connectivity index (χ3n) is 16.7. The summed E-state index contributed by atoms with van der Waals surface area (Å²) in [7, 11) is -4.83. The maximum absolute atomic E-state index is 15.0. The molecule has 0 spiro atoms. The molecule has 11 heteroatoms. The average Bonchev–Trinajstić information content (AvgIpc) is 3.07. The average molecular weight is 1100 g/mol. The van der Waals surface area contributed by atoms with E-state index in [0.717, 1.165) is 81.3 Å². The largest absolute Gasteiger partial charge is 0.744 e. The summed E-state index contributed by atoms with van der Waals surface area (Å²) in [6, 6.07) is 7.66. The van der Waals surface area contributed by atoms with Gasteiger partial charge in [0.25, 0.3) is 0 Å². The highest BCUT2D eigenvalue weighted by Gasteiger charge is 2.64. The van der Waals surface area contributed by atoms with Crippen LogP contribution in [0.1, 0.15) is 137 Å². The zero-order chi connectivity index (χ0) is 37.9. The molecule has 2 aromatic carbocycles. The smallest absolute Gasteiger partial charge is 0.339 e. The van der Waals surface area contributed by atoms with Gasteiger partial charge in [-0.15, -0.1) is 0 Å². The van der Waals surface area contributed by atoms with Crippen molar-refractivity contribution in [1.82, 2.24) is 0 Å². The second-order valence-corrected chi connectivity index (χ2v) is 25.5. The Hall–Kier alpha value is -0.520. The molecule has 0 radical (unpaired) electrons. The number of carbonyl (C=O) groups is 2. The standard InChI is InChI=1S/C44H49I3O7S/c45-31-8-33(37(47)36(46)9-31)39(48)54-44-20-29-7-30(21-44)19-43(18-29,22-44)40(49)53-32-10-34(41-12-23-1-24(13-41)3-25(2-23)14-41)38(55(50,51)52)35(11-32)42-15-26-4-27(16-42)6-28(5-26)17-42/h8-11,23-30H,1-7,12-22H2,(H,50,51,52)/p-1. The molecule has 0 N–H and O–H groups in total. The van der Waals surface area contributed by atoms with Gasteiger partial charge in [0.05, 0.1) is 15.9 Å². The fourth-order valence-corrected chi connectivity index (χ4v) is 19.8. The highest BCUT2D eigenvalue weighted by atomic mass is 127. The van der Waals surface area contributed by atoms with Crippen LogP contribution in [0.2, 0.25) is 0 Å². The molecule has 12 saturated carbocycles. The summed E-state index contributed by atoms with van der Waals surface area (Å²) in [5, 5.41) is 0. The first-order valence-electron chi connectivity index (χ1n) is 20.8. The number of hydrogen-bond acceptors (Lipinski definition) is 7. The van der Waals surface area contributed by atoms with E-state index in [1.165, 1.54) is 38.5 Å². The van der Waals surface area contributed by atoms with Gasteiger partial charge in [0.2, 0.25) is 0 Å². The maximum Gasteiger partial charge on any atom is 0.339 e. The van der Waals surface area contributed by atoms with Crippen molar-refractivity contribution in [2.24, 2.45) is 52.8 Å². The number of halogens is 3. The zero-order valence-electron chi connectivity index (χ0n) is 31.1. The van der Waals surface area contributed by atoms with Crippen LogP contribution in [0.25, 0.3) is 0 Å². The molecule has 12 fully saturated rings. The summed E-state index contributed by atoms with van der Waals surface area (Å²) in [4.78, 5) is 28.9. The van der Waals surface area contributed by atoms with Crippen molar-refractivity contribution in [1.29, 1.82) is 0 Å². The predicted octanol–water partition coefficient (Wildman–Crippen LogP) is 10.4. The number of ether oxygens (including phenoxy) is 2. The maximum atomic E-state index is 15.0. The summed E-state index contributed by atoms with van der Waals surface area (Å²) in [6.45, 7) is 0. The lowest BCUT2D eigenvalue weighted by atomic mass is 9.46. The fraction of sp³-hybridized carbons (Fsp3) is 0.682. The lowest BCUT2D eigenvalue weighted by Crippen LogP contribution is -2.60. The monoisotopic (exact) mass is 1100 g/mol. The highest BCUT2D eigenvalue weighted by Crippen LogP contribution is 2.67. The van der Waals surface area contributed by atoms with E-state index in [1.54, 1.807) is 0 Å². The van der Waals surface area contributed by atoms with Crippen LogP contribution >= 0.6 is 67.8 Å². The molecule has 0 aliphatic heterocycles. The molecule has 2 aromatic rings. The Morgan fingerprint density at radius 2 is 1.09 bits per heavy atom. The molecule has 7 nitrogen and oxygen atoms in total. The molecule has 2 atom stereocenters. The van der Waals surface area contributed by atoms with Gasteiger partial charge >= 0.3 is 11.9 Å². The Kier molecular flexibility index (Phi) is 8.69. The molecule has 55 heavy (non-hydrogen) atoms. The Morgan fingerprint density at radius 1 is 0.636 bits per heavy atom. The lowest BCUT2D eigenvalue weighted by Gasteiger charge is -2.60. The number of rotatable bonds is 7. The van der Waals surface area contributed by atoms with E-state index in [9.17, 15) is 22.6 Å². The van der Waals surface area contributed by atoms with E-state index < -0.39 is 21.1 Å². The van der Waals surface area contributed by atoms with E-state index in [4.69, 9.17) is 9.47 Å². The van der Waals surface area contributed by atoms with E-state index in [1.807, 2.05) is 18.2 Å². The molecule has 0 amide bonds. The lowest BCUT2D eigenvalue weighted by molar-refractivity contribution is -0.189. The van der Waals surface area contributed by atoms with Crippen molar-refractivity contribution < 1.29 is 32.0 Å². The van der Waals surface area contributed by atoms with Crippen LogP contribution in [0, 0.1) is 63.5 Å². The minimum absolute atomic E-state index is 0.0525.